The van der Waals surface area contributed by atoms with Gasteiger partial charge in [-0.15, -0.1) is 0 Å². The van der Waals surface area contributed by atoms with Crippen LogP contribution in [0.5, 0.6) is 0 Å². The van der Waals surface area contributed by atoms with E-state index in [1.165, 1.54) is 12.1 Å². The molecule has 0 aliphatic rings. The van der Waals surface area contributed by atoms with Gasteiger partial charge in [0.05, 0.1) is 18.2 Å². The van der Waals surface area contributed by atoms with E-state index in [0.717, 1.165) is 17.7 Å². The molecule has 138 valence electrons. The molecule has 7 heteroatoms. The van der Waals surface area contributed by atoms with Crippen LogP contribution in [0.25, 0.3) is 0 Å². The first-order valence-corrected chi connectivity index (χ1v) is 8.09. The largest absolute Gasteiger partial charge is 0.416 e. The molecular formula is C19H19F3N2O2. The van der Waals surface area contributed by atoms with Gasteiger partial charge in [0.2, 0.25) is 11.8 Å². The fraction of sp³-hybridized carbons (Fsp3) is 0.263. The fourth-order valence-corrected chi connectivity index (χ4v) is 2.39. The first-order valence-electron chi connectivity index (χ1n) is 8.09. The van der Waals surface area contributed by atoms with Crippen LogP contribution >= 0.6 is 0 Å². The number of hydrogen-bond acceptors (Lipinski definition) is 2. The molecule has 0 heterocycles. The lowest BCUT2D eigenvalue weighted by Gasteiger charge is -2.20. The summed E-state index contributed by atoms with van der Waals surface area (Å²) in [6.45, 7) is 1.47. The van der Waals surface area contributed by atoms with E-state index in [-0.39, 0.29) is 18.9 Å². The van der Waals surface area contributed by atoms with E-state index in [2.05, 4.69) is 10.6 Å². The smallest absolute Gasteiger partial charge is 0.347 e. The Morgan fingerprint density at radius 3 is 2.04 bits per heavy atom. The van der Waals surface area contributed by atoms with Crippen molar-refractivity contribution < 1.29 is 22.8 Å². The number of halogens is 3. The fourth-order valence-electron chi connectivity index (χ4n) is 2.39. The molecule has 0 aromatic heterocycles. The minimum absolute atomic E-state index is 0.198. The maximum absolute atomic E-state index is 12.8. The van der Waals surface area contributed by atoms with Crippen molar-refractivity contribution in [2.45, 2.75) is 25.6 Å². The maximum Gasteiger partial charge on any atom is 0.416 e. The molecule has 0 radical (unpaired) electrons. The highest BCUT2D eigenvalue weighted by Gasteiger charge is 2.30. The molecule has 2 N–H and O–H groups in total. The van der Waals surface area contributed by atoms with Crippen molar-refractivity contribution in [3.8, 4) is 0 Å². The summed E-state index contributed by atoms with van der Waals surface area (Å²) in [6, 6.07) is 12.9. The Kier molecular flexibility index (Phi) is 6.38. The summed E-state index contributed by atoms with van der Waals surface area (Å²) in [6.07, 6.45) is -4.16. The summed E-state index contributed by atoms with van der Waals surface area (Å²) in [4.78, 5) is 23.4. The standard InChI is InChI=1S/C19H19F3N2O2/c1-2-16(25)23-12-17(26)24-18(13-6-4-3-5-7-13)14-8-10-15(11-9-14)19(20,21)22/h3-11,18H,2,12H2,1H3,(H,23,25)(H,24,26). The van der Waals surface area contributed by atoms with Gasteiger partial charge in [0.25, 0.3) is 0 Å². The average Bonchev–Trinajstić information content (AvgIpc) is 2.64. The van der Waals surface area contributed by atoms with E-state index in [0.29, 0.717) is 5.56 Å². The highest BCUT2D eigenvalue weighted by Crippen LogP contribution is 2.31. The zero-order valence-electron chi connectivity index (χ0n) is 14.1. The van der Waals surface area contributed by atoms with Crippen molar-refractivity contribution in [2.75, 3.05) is 6.54 Å². The predicted octanol–water partition coefficient (Wildman–Crippen LogP) is 3.44. The van der Waals surface area contributed by atoms with Crippen LogP contribution in [0.4, 0.5) is 13.2 Å². The van der Waals surface area contributed by atoms with Crippen molar-refractivity contribution >= 4 is 11.8 Å². The zero-order valence-corrected chi connectivity index (χ0v) is 14.1. The van der Waals surface area contributed by atoms with Gasteiger partial charge >= 0.3 is 6.18 Å². The third-order valence-corrected chi connectivity index (χ3v) is 3.78. The van der Waals surface area contributed by atoms with Gasteiger partial charge in [-0.1, -0.05) is 49.4 Å². The number of carbonyl (C=O) groups is 2. The lowest BCUT2D eigenvalue weighted by atomic mass is 9.97. The van der Waals surface area contributed by atoms with E-state index in [1.807, 2.05) is 0 Å². The quantitative estimate of drug-likeness (QED) is 0.825. The summed E-state index contributed by atoms with van der Waals surface area (Å²) >= 11 is 0. The number of amides is 2. The zero-order chi connectivity index (χ0) is 19.2. The SMILES string of the molecule is CCC(=O)NCC(=O)NC(c1ccccc1)c1ccc(C(F)(F)F)cc1. The lowest BCUT2D eigenvalue weighted by molar-refractivity contribution is -0.137. The monoisotopic (exact) mass is 364 g/mol. The number of benzene rings is 2. The van der Waals surface area contributed by atoms with Crippen LogP contribution in [-0.4, -0.2) is 18.4 Å². The molecule has 2 amide bonds. The number of alkyl halides is 3. The molecule has 2 aromatic rings. The Morgan fingerprint density at radius 2 is 1.50 bits per heavy atom. The predicted molar refractivity (Wildman–Crippen MR) is 91.2 cm³/mol. The average molecular weight is 364 g/mol. The minimum Gasteiger partial charge on any atom is -0.347 e. The number of hydrogen-bond donors (Lipinski definition) is 2. The van der Waals surface area contributed by atoms with Gasteiger partial charge in [0.1, 0.15) is 0 Å². The van der Waals surface area contributed by atoms with Gasteiger partial charge < -0.3 is 10.6 Å². The maximum atomic E-state index is 12.8. The molecule has 0 bridgehead atoms. The first kappa shape index (κ1) is 19.5. The van der Waals surface area contributed by atoms with E-state index >= 15 is 0 Å². The summed E-state index contributed by atoms with van der Waals surface area (Å²) in [5, 5.41) is 5.22. The number of rotatable bonds is 6. The second-order valence-corrected chi connectivity index (χ2v) is 5.66. The Labute approximate surface area is 149 Å². The lowest BCUT2D eigenvalue weighted by Crippen LogP contribution is -2.38. The summed E-state index contributed by atoms with van der Waals surface area (Å²) in [5.41, 5.74) is 0.483. The van der Waals surface area contributed by atoms with Crippen LogP contribution < -0.4 is 10.6 Å². The summed E-state index contributed by atoms with van der Waals surface area (Å²) < 4.78 is 38.3. The van der Waals surface area contributed by atoms with Crippen LogP contribution in [0.15, 0.2) is 54.6 Å². The number of carbonyl (C=O) groups excluding carboxylic acids is 2. The van der Waals surface area contributed by atoms with Crippen LogP contribution in [0, 0.1) is 0 Å². The Hall–Kier alpha value is -2.83. The first-order chi connectivity index (χ1) is 12.3. The van der Waals surface area contributed by atoms with Gasteiger partial charge in [-0.2, -0.15) is 13.2 Å². The molecule has 0 saturated heterocycles. The molecule has 0 aliphatic heterocycles. The van der Waals surface area contributed by atoms with Crippen LogP contribution in [0.3, 0.4) is 0 Å². The van der Waals surface area contributed by atoms with E-state index in [1.54, 1.807) is 37.3 Å². The second kappa shape index (κ2) is 8.51. The molecule has 4 nitrogen and oxygen atoms in total. The highest BCUT2D eigenvalue weighted by atomic mass is 19.4. The van der Waals surface area contributed by atoms with Gasteiger partial charge in [0, 0.05) is 6.42 Å². The van der Waals surface area contributed by atoms with Gasteiger partial charge in [-0.05, 0) is 23.3 Å². The molecule has 0 spiro atoms. The highest BCUT2D eigenvalue weighted by molar-refractivity contribution is 5.85. The molecule has 2 aromatic carbocycles. The number of nitrogens with one attached hydrogen (secondary N) is 2. The Bertz CT molecular complexity index is 744. The molecule has 1 atom stereocenters. The molecule has 0 aliphatic carbocycles. The van der Waals surface area contributed by atoms with Crippen molar-refractivity contribution in [3.63, 3.8) is 0 Å². The van der Waals surface area contributed by atoms with Crippen molar-refractivity contribution in [2.24, 2.45) is 0 Å². The summed E-state index contributed by atoms with van der Waals surface area (Å²) in [7, 11) is 0. The molecule has 0 saturated carbocycles. The van der Waals surface area contributed by atoms with Crippen molar-refractivity contribution in [3.05, 3.63) is 71.3 Å². The minimum atomic E-state index is -4.42. The Morgan fingerprint density at radius 1 is 0.923 bits per heavy atom. The van der Waals surface area contributed by atoms with Crippen molar-refractivity contribution in [1.82, 2.24) is 10.6 Å². The third kappa shape index (κ3) is 5.34. The summed E-state index contributed by atoms with van der Waals surface area (Å²) in [5.74, 6) is -0.688. The third-order valence-electron chi connectivity index (χ3n) is 3.78. The van der Waals surface area contributed by atoms with Gasteiger partial charge in [0.15, 0.2) is 0 Å². The molecule has 1 unspecified atom stereocenters. The van der Waals surface area contributed by atoms with Gasteiger partial charge in [-0.3, -0.25) is 9.59 Å². The normalized spacial score (nSPS) is 12.3. The van der Waals surface area contributed by atoms with Crippen LogP contribution in [0.2, 0.25) is 0 Å². The van der Waals surface area contributed by atoms with Crippen LogP contribution in [-0.2, 0) is 15.8 Å². The topological polar surface area (TPSA) is 58.2 Å². The Balaban J connectivity index is 2.22. The van der Waals surface area contributed by atoms with E-state index < -0.39 is 23.7 Å². The molecule has 0 fully saturated rings. The molecular weight excluding hydrogens is 345 g/mol. The molecule has 26 heavy (non-hydrogen) atoms. The molecule has 2 rings (SSSR count). The van der Waals surface area contributed by atoms with Crippen molar-refractivity contribution in [1.29, 1.82) is 0 Å². The second-order valence-electron chi connectivity index (χ2n) is 5.66. The van der Waals surface area contributed by atoms with Gasteiger partial charge in [-0.25, -0.2) is 0 Å². The van der Waals surface area contributed by atoms with E-state index in [4.69, 9.17) is 0 Å². The van der Waals surface area contributed by atoms with E-state index in [9.17, 15) is 22.8 Å². The van der Waals surface area contributed by atoms with Crippen LogP contribution in [0.1, 0.15) is 36.1 Å².